The number of hydrogen-bond acceptors (Lipinski definition) is 7. The minimum atomic E-state index is -0.553. The molecule has 0 saturated carbocycles. The van der Waals surface area contributed by atoms with Crippen LogP contribution >= 0.6 is 11.8 Å². The van der Waals surface area contributed by atoms with Crippen molar-refractivity contribution in [1.82, 2.24) is 5.32 Å². The normalized spacial score (nSPS) is 12.1. The largest absolute Gasteiger partial charge is 0.465 e. The number of thioether (sulfide) groups is 1. The van der Waals surface area contributed by atoms with Gasteiger partial charge in [0, 0.05) is 38.9 Å². The summed E-state index contributed by atoms with van der Waals surface area (Å²) in [6.07, 6.45) is 2.90. The van der Waals surface area contributed by atoms with Crippen LogP contribution < -0.4 is 16.0 Å². The molecule has 0 spiro atoms. The Bertz CT molecular complexity index is 2000. The van der Waals surface area contributed by atoms with Crippen molar-refractivity contribution in [2.75, 3.05) is 16.4 Å². The predicted molar refractivity (Wildman–Crippen MR) is 175 cm³/mol. The first-order chi connectivity index (χ1) is 22.4. The number of fused-ring (bicyclic) bond motifs is 2. The van der Waals surface area contributed by atoms with E-state index >= 15 is 0 Å². The van der Waals surface area contributed by atoms with Gasteiger partial charge in [-0.05, 0) is 54.6 Å². The van der Waals surface area contributed by atoms with Gasteiger partial charge in [-0.1, -0.05) is 54.6 Å². The summed E-state index contributed by atoms with van der Waals surface area (Å²) in [6.45, 7) is 0. The van der Waals surface area contributed by atoms with Gasteiger partial charge in [0.25, 0.3) is 11.8 Å². The summed E-state index contributed by atoms with van der Waals surface area (Å²) >= 11 is 1.26. The van der Waals surface area contributed by atoms with Crippen LogP contribution in [-0.2, 0) is 9.59 Å². The van der Waals surface area contributed by atoms with Gasteiger partial charge < -0.3 is 20.4 Å². The van der Waals surface area contributed by atoms with Crippen LogP contribution in [-0.4, -0.2) is 35.0 Å². The Labute approximate surface area is 267 Å². The van der Waals surface area contributed by atoms with E-state index in [2.05, 4.69) is 16.0 Å². The second kappa shape index (κ2) is 13.3. The first-order valence-electron chi connectivity index (χ1n) is 14.1. The predicted octanol–water partition coefficient (Wildman–Crippen LogP) is 6.20. The summed E-state index contributed by atoms with van der Waals surface area (Å²) in [7, 11) is 0. The number of furan rings is 1. The van der Waals surface area contributed by atoms with Gasteiger partial charge in [0.1, 0.15) is 11.5 Å². The number of rotatable bonds is 9. The van der Waals surface area contributed by atoms with Crippen molar-refractivity contribution >= 4 is 58.5 Å². The lowest BCUT2D eigenvalue weighted by atomic mass is 9.83. The monoisotopic (exact) mass is 627 g/mol. The molecule has 6 rings (SSSR count). The van der Waals surface area contributed by atoms with Gasteiger partial charge in [-0.2, -0.15) is 0 Å². The third kappa shape index (κ3) is 6.57. The van der Waals surface area contributed by atoms with Crippen LogP contribution in [0.25, 0.3) is 6.08 Å². The van der Waals surface area contributed by atoms with Crippen LogP contribution in [0.3, 0.4) is 0 Å². The molecule has 0 aliphatic heterocycles. The molecule has 0 bridgehead atoms. The summed E-state index contributed by atoms with van der Waals surface area (Å²) in [6, 6.07) is 30.2. The van der Waals surface area contributed by atoms with E-state index in [1.54, 1.807) is 109 Å². The van der Waals surface area contributed by atoms with Crippen molar-refractivity contribution in [3.63, 3.8) is 0 Å². The van der Waals surface area contributed by atoms with E-state index in [1.165, 1.54) is 24.1 Å². The van der Waals surface area contributed by atoms with Crippen LogP contribution in [0.5, 0.6) is 0 Å². The minimum Gasteiger partial charge on any atom is -0.465 e. The zero-order valence-electron chi connectivity index (χ0n) is 24.1. The highest BCUT2D eigenvalue weighted by Gasteiger charge is 2.31. The van der Waals surface area contributed by atoms with Crippen molar-refractivity contribution in [3.05, 3.63) is 155 Å². The molecule has 5 aromatic rings. The van der Waals surface area contributed by atoms with E-state index in [9.17, 15) is 24.0 Å². The number of amides is 3. The maximum Gasteiger partial charge on any atom is 0.272 e. The third-order valence-corrected chi connectivity index (χ3v) is 8.08. The van der Waals surface area contributed by atoms with Gasteiger partial charge >= 0.3 is 0 Å². The molecule has 1 aliphatic rings. The molecule has 0 saturated heterocycles. The molecule has 0 radical (unpaired) electrons. The first kappa shape index (κ1) is 30.0. The van der Waals surface area contributed by atoms with E-state index in [-0.39, 0.29) is 45.7 Å². The molecule has 226 valence electrons. The number of ketones is 2. The molecule has 1 heterocycles. The Morgan fingerprint density at radius 2 is 1.39 bits per heavy atom. The van der Waals surface area contributed by atoms with Gasteiger partial charge in [0.2, 0.25) is 5.91 Å². The quantitative estimate of drug-likeness (QED) is 0.128. The molecular weight excluding hydrogens is 602 g/mol. The highest BCUT2D eigenvalue weighted by atomic mass is 32.2. The topological polar surface area (TPSA) is 135 Å². The fraction of sp³-hybridized carbons (Fsp3) is 0.0278. The molecule has 3 N–H and O–H groups in total. The SMILES string of the molecule is O=C(CSc1ccc(NC(=O)/C(=C/c2ccco2)NC(=O)c2ccccc2)cc1)Nc1cccc2c1C(=O)c1ccccc1C2=O. The highest BCUT2D eigenvalue weighted by molar-refractivity contribution is 8.00. The maximum atomic E-state index is 13.2. The molecule has 3 amide bonds. The number of benzene rings is 4. The zero-order chi connectivity index (χ0) is 32.0. The van der Waals surface area contributed by atoms with Gasteiger partial charge in [0.15, 0.2) is 11.6 Å². The Balaban J connectivity index is 1.08. The summed E-state index contributed by atoms with van der Waals surface area (Å²) in [4.78, 5) is 65.7. The van der Waals surface area contributed by atoms with E-state index in [0.717, 1.165) is 4.90 Å². The lowest BCUT2D eigenvalue weighted by Gasteiger charge is -2.20. The van der Waals surface area contributed by atoms with E-state index in [1.807, 2.05) is 0 Å². The molecule has 0 unspecified atom stereocenters. The number of carbonyl (C=O) groups is 5. The van der Waals surface area contributed by atoms with E-state index < -0.39 is 11.8 Å². The molecular formula is C36H25N3O6S. The second-order valence-electron chi connectivity index (χ2n) is 10.1. The molecule has 46 heavy (non-hydrogen) atoms. The van der Waals surface area contributed by atoms with Crippen LogP contribution in [0.4, 0.5) is 11.4 Å². The molecule has 1 aromatic heterocycles. The average Bonchev–Trinajstić information content (AvgIpc) is 3.60. The van der Waals surface area contributed by atoms with Crippen molar-refractivity contribution in [1.29, 1.82) is 0 Å². The van der Waals surface area contributed by atoms with Crippen LogP contribution in [0.1, 0.15) is 48.0 Å². The smallest absolute Gasteiger partial charge is 0.272 e. The summed E-state index contributed by atoms with van der Waals surface area (Å²) in [5.41, 5.74) is 2.24. The molecule has 9 nitrogen and oxygen atoms in total. The summed E-state index contributed by atoms with van der Waals surface area (Å²) < 4.78 is 5.33. The van der Waals surface area contributed by atoms with E-state index in [0.29, 0.717) is 28.1 Å². The Hall–Kier alpha value is -6.00. The Kier molecular flexibility index (Phi) is 8.71. The summed E-state index contributed by atoms with van der Waals surface area (Å²) in [5.74, 6) is -1.50. The Morgan fingerprint density at radius 3 is 2.11 bits per heavy atom. The van der Waals surface area contributed by atoms with Gasteiger partial charge in [0.05, 0.1) is 23.3 Å². The molecule has 0 fully saturated rings. The average molecular weight is 628 g/mol. The fourth-order valence-corrected chi connectivity index (χ4v) is 5.57. The van der Waals surface area contributed by atoms with Crippen molar-refractivity contribution in [2.45, 2.75) is 4.90 Å². The molecule has 4 aromatic carbocycles. The van der Waals surface area contributed by atoms with Crippen molar-refractivity contribution in [2.24, 2.45) is 0 Å². The number of carbonyl (C=O) groups excluding carboxylic acids is 5. The lowest BCUT2D eigenvalue weighted by molar-refractivity contribution is -0.114. The standard InChI is InChI=1S/C36H25N3O6S/c40-31(38-29-14-6-13-28-32(29)34(42)27-12-5-4-11-26(27)33(28)41)21-46-25-17-15-23(16-18-25)37-36(44)30(20-24-10-7-19-45-24)39-35(43)22-8-2-1-3-9-22/h1-20H,21H2,(H,37,44)(H,38,40)(H,39,43)/b30-20-. The van der Waals surface area contributed by atoms with Crippen molar-refractivity contribution < 1.29 is 28.4 Å². The first-order valence-corrected chi connectivity index (χ1v) is 15.1. The van der Waals surface area contributed by atoms with Gasteiger partial charge in [-0.3, -0.25) is 24.0 Å². The Morgan fingerprint density at radius 1 is 0.696 bits per heavy atom. The highest BCUT2D eigenvalue weighted by Crippen LogP contribution is 2.32. The zero-order valence-corrected chi connectivity index (χ0v) is 24.9. The maximum absolute atomic E-state index is 13.2. The number of nitrogens with one attached hydrogen (secondary N) is 3. The van der Waals surface area contributed by atoms with Crippen LogP contribution in [0.15, 0.2) is 130 Å². The number of anilines is 2. The number of hydrogen-bond donors (Lipinski definition) is 3. The van der Waals surface area contributed by atoms with Crippen molar-refractivity contribution in [3.8, 4) is 0 Å². The van der Waals surface area contributed by atoms with Gasteiger partial charge in [-0.15, -0.1) is 11.8 Å². The molecule has 1 aliphatic carbocycles. The summed E-state index contributed by atoms with van der Waals surface area (Å²) in [5, 5.41) is 8.19. The minimum absolute atomic E-state index is 0.00861. The van der Waals surface area contributed by atoms with E-state index in [4.69, 9.17) is 4.42 Å². The second-order valence-corrected chi connectivity index (χ2v) is 11.2. The van der Waals surface area contributed by atoms with Crippen LogP contribution in [0, 0.1) is 0 Å². The lowest BCUT2D eigenvalue weighted by Crippen LogP contribution is -2.30. The molecule has 0 atom stereocenters. The third-order valence-electron chi connectivity index (χ3n) is 7.07. The van der Waals surface area contributed by atoms with Gasteiger partial charge in [-0.25, -0.2) is 0 Å². The van der Waals surface area contributed by atoms with Crippen LogP contribution in [0.2, 0.25) is 0 Å². The molecule has 10 heteroatoms. The fourth-order valence-electron chi connectivity index (χ4n) is 4.88.